The molecule has 0 fully saturated rings. The fraction of sp³-hybridized carbons (Fsp3) is 0.211. The van der Waals surface area contributed by atoms with Gasteiger partial charge in [0.15, 0.2) is 5.16 Å². The van der Waals surface area contributed by atoms with Crippen molar-refractivity contribution in [2.75, 3.05) is 5.32 Å². The number of nitrogens with zero attached hydrogens (tertiary/aromatic N) is 2. The van der Waals surface area contributed by atoms with Gasteiger partial charge in [-0.1, -0.05) is 41.6 Å². The third kappa shape index (κ3) is 3.61. The van der Waals surface area contributed by atoms with E-state index in [1.54, 1.807) is 44.3 Å². The van der Waals surface area contributed by atoms with Crippen LogP contribution in [0.2, 0.25) is 5.02 Å². The highest BCUT2D eigenvalue weighted by molar-refractivity contribution is 8.00. The summed E-state index contributed by atoms with van der Waals surface area (Å²) in [7, 11) is 1.66. The first kappa shape index (κ1) is 18.5. The molecule has 7 heteroatoms. The van der Waals surface area contributed by atoms with Crippen molar-refractivity contribution in [1.29, 1.82) is 0 Å². The highest BCUT2D eigenvalue weighted by Gasteiger charge is 2.19. The van der Waals surface area contributed by atoms with Crippen LogP contribution in [0, 0.1) is 6.92 Å². The fourth-order valence-corrected chi connectivity index (χ4v) is 3.54. The van der Waals surface area contributed by atoms with Crippen LogP contribution < -0.4 is 10.9 Å². The van der Waals surface area contributed by atoms with Crippen LogP contribution in [0.15, 0.2) is 52.4 Å². The molecule has 1 heterocycles. The number of nitrogens with one attached hydrogen (secondary N) is 1. The van der Waals surface area contributed by atoms with Gasteiger partial charge in [-0.2, -0.15) is 0 Å². The number of aromatic nitrogens is 2. The van der Waals surface area contributed by atoms with Gasteiger partial charge in [-0.3, -0.25) is 14.2 Å². The molecule has 2 aromatic carbocycles. The molecule has 134 valence electrons. The zero-order chi connectivity index (χ0) is 18.8. The standard InChI is InChI=1S/C19H18ClN3O2S/c1-11-14(20)8-6-10-15(11)21-17(24)12(2)26-19-22-16-9-5-4-7-13(16)18(25)23(19)3/h4-10,12H,1-3H3,(H,21,24). The van der Waals surface area contributed by atoms with Gasteiger partial charge in [-0.05, 0) is 43.7 Å². The third-order valence-electron chi connectivity index (χ3n) is 4.12. The Morgan fingerprint density at radius 3 is 2.73 bits per heavy atom. The molecule has 0 aliphatic rings. The Morgan fingerprint density at radius 1 is 1.23 bits per heavy atom. The van der Waals surface area contributed by atoms with Gasteiger partial charge in [0.1, 0.15) is 0 Å². The lowest BCUT2D eigenvalue weighted by molar-refractivity contribution is -0.115. The minimum absolute atomic E-state index is 0.128. The summed E-state index contributed by atoms with van der Waals surface area (Å²) in [5.41, 5.74) is 1.99. The topological polar surface area (TPSA) is 64.0 Å². The molecule has 0 radical (unpaired) electrons. The van der Waals surface area contributed by atoms with E-state index in [9.17, 15) is 9.59 Å². The first-order valence-electron chi connectivity index (χ1n) is 8.07. The van der Waals surface area contributed by atoms with Crippen molar-refractivity contribution >= 4 is 45.9 Å². The molecule has 3 aromatic rings. The number of anilines is 1. The number of benzene rings is 2. The Kier molecular flexibility index (Phi) is 5.34. The Bertz CT molecular complexity index is 1050. The summed E-state index contributed by atoms with van der Waals surface area (Å²) in [5, 5.41) is 4.10. The normalized spacial score (nSPS) is 12.2. The molecule has 0 aliphatic carbocycles. The monoisotopic (exact) mass is 387 g/mol. The smallest absolute Gasteiger partial charge is 0.261 e. The lowest BCUT2D eigenvalue weighted by atomic mass is 10.2. The molecule has 0 spiro atoms. The van der Waals surface area contributed by atoms with Crippen LogP contribution in [0.1, 0.15) is 12.5 Å². The van der Waals surface area contributed by atoms with Gasteiger partial charge >= 0.3 is 0 Å². The maximum Gasteiger partial charge on any atom is 0.261 e. The van der Waals surface area contributed by atoms with Crippen molar-refractivity contribution in [3.05, 3.63) is 63.4 Å². The molecule has 1 aromatic heterocycles. The maximum atomic E-state index is 12.5. The van der Waals surface area contributed by atoms with Gasteiger partial charge in [0.05, 0.1) is 16.2 Å². The molecule has 26 heavy (non-hydrogen) atoms. The maximum absolute atomic E-state index is 12.5. The van der Waals surface area contributed by atoms with E-state index in [4.69, 9.17) is 11.6 Å². The Hall–Kier alpha value is -2.31. The highest BCUT2D eigenvalue weighted by atomic mass is 35.5. The molecule has 0 saturated carbocycles. The summed E-state index contributed by atoms with van der Waals surface area (Å²) in [6.07, 6.45) is 0. The molecule has 1 N–H and O–H groups in total. The molecule has 5 nitrogen and oxygen atoms in total. The second-order valence-electron chi connectivity index (χ2n) is 5.94. The third-order valence-corrected chi connectivity index (χ3v) is 5.67. The quantitative estimate of drug-likeness (QED) is 0.542. The van der Waals surface area contributed by atoms with Gasteiger partial charge in [0, 0.05) is 17.8 Å². The van der Waals surface area contributed by atoms with E-state index in [2.05, 4.69) is 10.3 Å². The number of rotatable bonds is 4. The predicted molar refractivity (Wildman–Crippen MR) is 107 cm³/mol. The molecule has 0 aliphatic heterocycles. The molecule has 1 atom stereocenters. The van der Waals surface area contributed by atoms with Gasteiger partial charge < -0.3 is 5.32 Å². The van der Waals surface area contributed by atoms with Crippen LogP contribution in [0.25, 0.3) is 10.9 Å². The van der Waals surface area contributed by atoms with Crippen LogP contribution in [-0.4, -0.2) is 20.7 Å². The zero-order valence-electron chi connectivity index (χ0n) is 14.6. The second kappa shape index (κ2) is 7.51. The van der Waals surface area contributed by atoms with E-state index >= 15 is 0 Å². The summed E-state index contributed by atoms with van der Waals surface area (Å²) in [4.78, 5) is 29.5. The SMILES string of the molecule is Cc1c(Cl)cccc1NC(=O)C(C)Sc1nc2ccccc2c(=O)n1C. The summed E-state index contributed by atoms with van der Waals surface area (Å²) in [6, 6.07) is 12.6. The highest BCUT2D eigenvalue weighted by Crippen LogP contribution is 2.26. The number of thioether (sulfide) groups is 1. The van der Waals surface area contributed by atoms with E-state index in [0.717, 1.165) is 5.56 Å². The second-order valence-corrected chi connectivity index (χ2v) is 7.65. The number of amides is 1. The van der Waals surface area contributed by atoms with Crippen LogP contribution in [0.3, 0.4) is 0 Å². The van der Waals surface area contributed by atoms with E-state index < -0.39 is 5.25 Å². The largest absolute Gasteiger partial charge is 0.325 e. The number of carbonyl (C=O) groups is 1. The zero-order valence-corrected chi connectivity index (χ0v) is 16.2. The molecule has 3 rings (SSSR count). The van der Waals surface area contributed by atoms with Crippen molar-refractivity contribution in [3.8, 4) is 0 Å². The molecule has 1 unspecified atom stereocenters. The fourth-order valence-electron chi connectivity index (χ4n) is 2.49. The summed E-state index contributed by atoms with van der Waals surface area (Å²) >= 11 is 7.34. The van der Waals surface area contributed by atoms with Crippen LogP contribution in [0.5, 0.6) is 0 Å². The van der Waals surface area contributed by atoms with Crippen LogP contribution in [-0.2, 0) is 11.8 Å². The Morgan fingerprint density at radius 2 is 1.96 bits per heavy atom. The Balaban J connectivity index is 1.83. The van der Waals surface area contributed by atoms with E-state index in [-0.39, 0.29) is 11.5 Å². The van der Waals surface area contributed by atoms with E-state index in [1.807, 2.05) is 19.1 Å². The summed E-state index contributed by atoms with van der Waals surface area (Å²) in [5.74, 6) is -0.178. The number of carbonyl (C=O) groups excluding carboxylic acids is 1. The van der Waals surface area contributed by atoms with Gasteiger partial charge in [-0.15, -0.1) is 0 Å². The minimum Gasteiger partial charge on any atom is -0.325 e. The Labute approximate surface area is 160 Å². The molecular formula is C19H18ClN3O2S. The van der Waals surface area contributed by atoms with Crippen molar-refractivity contribution < 1.29 is 4.79 Å². The van der Waals surface area contributed by atoms with Gasteiger partial charge in [-0.25, -0.2) is 4.98 Å². The lowest BCUT2D eigenvalue weighted by Crippen LogP contribution is -2.25. The van der Waals surface area contributed by atoms with Crippen molar-refractivity contribution in [2.45, 2.75) is 24.3 Å². The van der Waals surface area contributed by atoms with Crippen molar-refractivity contribution in [2.24, 2.45) is 7.05 Å². The van der Waals surface area contributed by atoms with Crippen LogP contribution >= 0.6 is 23.4 Å². The number of halogens is 1. The molecule has 0 saturated heterocycles. The molecule has 1 amide bonds. The van der Waals surface area contributed by atoms with E-state index in [1.165, 1.54) is 16.3 Å². The predicted octanol–water partition coefficient (Wildman–Crippen LogP) is 4.01. The molecule has 0 bridgehead atoms. The first-order chi connectivity index (χ1) is 12.4. The number of hydrogen-bond acceptors (Lipinski definition) is 4. The van der Waals surface area contributed by atoms with Crippen molar-refractivity contribution in [3.63, 3.8) is 0 Å². The first-order valence-corrected chi connectivity index (χ1v) is 9.32. The average molecular weight is 388 g/mol. The number of para-hydroxylation sites is 1. The summed E-state index contributed by atoms with van der Waals surface area (Å²) < 4.78 is 1.47. The number of fused-ring (bicyclic) bond motifs is 1. The minimum atomic E-state index is -0.437. The van der Waals surface area contributed by atoms with Gasteiger partial charge in [0.25, 0.3) is 5.56 Å². The lowest BCUT2D eigenvalue weighted by Gasteiger charge is -2.15. The summed E-state index contributed by atoms with van der Waals surface area (Å²) in [6.45, 7) is 3.63. The van der Waals surface area contributed by atoms with Crippen molar-refractivity contribution in [1.82, 2.24) is 9.55 Å². The van der Waals surface area contributed by atoms with E-state index in [0.29, 0.717) is 26.8 Å². The molecular weight excluding hydrogens is 370 g/mol. The number of hydrogen-bond donors (Lipinski definition) is 1. The average Bonchev–Trinajstić information content (AvgIpc) is 2.63. The van der Waals surface area contributed by atoms with Gasteiger partial charge in [0.2, 0.25) is 5.91 Å². The van der Waals surface area contributed by atoms with Crippen LogP contribution in [0.4, 0.5) is 5.69 Å².